The highest BCUT2D eigenvalue weighted by molar-refractivity contribution is 7.86. The van der Waals surface area contributed by atoms with Crippen molar-refractivity contribution in [3.63, 3.8) is 0 Å². The van der Waals surface area contributed by atoms with Crippen molar-refractivity contribution in [3.8, 4) is 0 Å². The molecule has 1 atom stereocenters. The monoisotopic (exact) mass is 382 g/mol. The molecule has 0 aliphatic rings. The van der Waals surface area contributed by atoms with Gasteiger partial charge in [0, 0.05) is 5.41 Å². The third-order valence-corrected chi connectivity index (χ3v) is 5.87. The van der Waals surface area contributed by atoms with Gasteiger partial charge in [-0.1, -0.05) is 78.9 Å². The predicted octanol–water partition coefficient (Wildman–Crippen LogP) is 3.56. The lowest BCUT2D eigenvalue weighted by Gasteiger charge is -2.32. The molecule has 0 amide bonds. The quantitative estimate of drug-likeness (QED) is 0.605. The van der Waals surface area contributed by atoms with Crippen molar-refractivity contribution >= 4 is 10.1 Å². The van der Waals surface area contributed by atoms with Gasteiger partial charge in [-0.05, 0) is 29.7 Å². The molecule has 3 rings (SSSR count). The van der Waals surface area contributed by atoms with Crippen LogP contribution in [0.1, 0.15) is 11.1 Å². The first-order valence-corrected chi connectivity index (χ1v) is 10.1. The molecule has 0 aliphatic carbocycles. The van der Waals surface area contributed by atoms with E-state index in [-0.39, 0.29) is 18.1 Å². The summed E-state index contributed by atoms with van der Waals surface area (Å²) >= 11 is 0. The topological polar surface area (TPSA) is 63.6 Å². The first kappa shape index (κ1) is 19.3. The van der Waals surface area contributed by atoms with Crippen LogP contribution in [-0.4, -0.2) is 26.7 Å². The van der Waals surface area contributed by atoms with Gasteiger partial charge in [-0.25, -0.2) is 0 Å². The summed E-state index contributed by atoms with van der Waals surface area (Å²) in [5, 5.41) is 10.3. The number of rotatable bonds is 8. The van der Waals surface area contributed by atoms with E-state index in [4.69, 9.17) is 4.18 Å². The van der Waals surface area contributed by atoms with Gasteiger partial charge in [-0.15, -0.1) is 0 Å². The summed E-state index contributed by atoms with van der Waals surface area (Å²) < 4.78 is 30.6. The van der Waals surface area contributed by atoms with Crippen molar-refractivity contribution in [2.75, 3.05) is 13.2 Å². The maximum atomic E-state index is 12.6. The Bertz CT molecular complexity index is 941. The summed E-state index contributed by atoms with van der Waals surface area (Å²) in [6.07, 6.45) is 0.457. The van der Waals surface area contributed by atoms with Crippen LogP contribution in [0, 0.1) is 0 Å². The van der Waals surface area contributed by atoms with Gasteiger partial charge in [0.2, 0.25) is 0 Å². The largest absolute Gasteiger partial charge is 0.395 e. The molecule has 27 heavy (non-hydrogen) atoms. The van der Waals surface area contributed by atoms with E-state index in [0.717, 1.165) is 11.1 Å². The van der Waals surface area contributed by atoms with Crippen LogP contribution in [0.4, 0.5) is 0 Å². The molecular formula is C22H22O4S. The van der Waals surface area contributed by atoms with Gasteiger partial charge in [-0.3, -0.25) is 4.18 Å². The third-order valence-electron chi connectivity index (χ3n) is 4.60. The molecule has 140 valence electrons. The highest BCUT2D eigenvalue weighted by Crippen LogP contribution is 2.30. The molecule has 0 aromatic heterocycles. The van der Waals surface area contributed by atoms with Gasteiger partial charge in [-0.2, -0.15) is 8.42 Å². The molecule has 0 aliphatic heterocycles. The van der Waals surface area contributed by atoms with Crippen LogP contribution in [0.25, 0.3) is 0 Å². The Hall–Kier alpha value is -2.47. The Morgan fingerprint density at radius 2 is 1.30 bits per heavy atom. The maximum absolute atomic E-state index is 12.6. The van der Waals surface area contributed by atoms with Gasteiger partial charge in [0.15, 0.2) is 0 Å². The number of aliphatic hydroxyl groups excluding tert-OH is 1. The number of aliphatic hydroxyl groups is 1. The molecule has 0 fully saturated rings. The normalized spacial score (nSPS) is 13.8. The van der Waals surface area contributed by atoms with Crippen molar-refractivity contribution in [2.24, 2.45) is 0 Å². The fourth-order valence-corrected chi connectivity index (χ4v) is 4.06. The first-order valence-electron chi connectivity index (χ1n) is 8.71. The lowest BCUT2D eigenvalue weighted by atomic mass is 9.77. The molecule has 3 aromatic rings. The number of benzene rings is 3. The highest BCUT2D eigenvalue weighted by Gasteiger charge is 2.34. The predicted molar refractivity (Wildman–Crippen MR) is 105 cm³/mol. The lowest BCUT2D eigenvalue weighted by molar-refractivity contribution is 0.131. The summed E-state index contributed by atoms with van der Waals surface area (Å²) in [6.45, 7) is -0.393. The van der Waals surface area contributed by atoms with Crippen molar-refractivity contribution in [1.82, 2.24) is 0 Å². The number of hydrogen-bond donors (Lipinski definition) is 1. The molecule has 1 N–H and O–H groups in total. The molecule has 0 radical (unpaired) electrons. The van der Waals surface area contributed by atoms with Gasteiger partial charge in [0.25, 0.3) is 10.1 Å². The summed E-state index contributed by atoms with van der Waals surface area (Å²) in [5.74, 6) is 0. The summed E-state index contributed by atoms with van der Waals surface area (Å²) in [4.78, 5) is 0.101. The van der Waals surface area contributed by atoms with E-state index < -0.39 is 15.5 Å². The van der Waals surface area contributed by atoms with Gasteiger partial charge < -0.3 is 5.11 Å². The summed E-state index contributed by atoms with van der Waals surface area (Å²) in [5.41, 5.74) is 0.959. The average Bonchev–Trinajstić information content (AvgIpc) is 2.73. The number of hydrogen-bond acceptors (Lipinski definition) is 4. The molecule has 4 nitrogen and oxygen atoms in total. The van der Waals surface area contributed by atoms with E-state index in [1.807, 2.05) is 60.7 Å². The van der Waals surface area contributed by atoms with E-state index in [0.29, 0.717) is 6.42 Å². The Balaban J connectivity index is 1.92. The van der Waals surface area contributed by atoms with E-state index in [2.05, 4.69) is 0 Å². The van der Waals surface area contributed by atoms with Crippen molar-refractivity contribution in [1.29, 1.82) is 0 Å². The maximum Gasteiger partial charge on any atom is 0.297 e. The third kappa shape index (κ3) is 4.63. The molecule has 0 bridgehead atoms. The zero-order valence-corrected chi connectivity index (χ0v) is 15.7. The van der Waals surface area contributed by atoms with Gasteiger partial charge >= 0.3 is 0 Å². The Labute approximate surface area is 160 Å². The molecule has 0 saturated carbocycles. The molecule has 0 spiro atoms. The standard InChI is InChI=1S/C22H22O4S/c23-17-22(20-12-6-2-7-13-20,16-19-10-4-1-5-11-19)18-26-27(24,25)21-14-8-3-9-15-21/h1-15,23H,16-18H2/t22-/m1/s1. The minimum Gasteiger partial charge on any atom is -0.395 e. The van der Waals surface area contributed by atoms with Crippen LogP contribution >= 0.6 is 0 Å². The summed E-state index contributed by atoms with van der Waals surface area (Å²) in [6, 6.07) is 27.1. The fraction of sp³-hybridized carbons (Fsp3) is 0.182. The Morgan fingerprint density at radius 1 is 0.778 bits per heavy atom. The van der Waals surface area contributed by atoms with Crippen LogP contribution in [-0.2, 0) is 26.1 Å². The second-order valence-corrected chi connectivity index (χ2v) is 8.11. The van der Waals surface area contributed by atoms with Crippen LogP contribution < -0.4 is 0 Å². The molecular weight excluding hydrogens is 360 g/mol. The second-order valence-electron chi connectivity index (χ2n) is 6.50. The van der Waals surface area contributed by atoms with E-state index in [1.54, 1.807) is 18.2 Å². The van der Waals surface area contributed by atoms with Crippen molar-refractivity contribution < 1.29 is 17.7 Å². The highest BCUT2D eigenvalue weighted by atomic mass is 32.2. The van der Waals surface area contributed by atoms with Crippen LogP contribution in [0.5, 0.6) is 0 Å². The summed E-state index contributed by atoms with van der Waals surface area (Å²) in [7, 11) is -3.91. The molecule has 0 heterocycles. The lowest BCUT2D eigenvalue weighted by Crippen LogP contribution is -2.39. The molecule has 3 aromatic carbocycles. The zero-order valence-electron chi connectivity index (χ0n) is 14.9. The Morgan fingerprint density at radius 3 is 1.85 bits per heavy atom. The SMILES string of the molecule is O=S(=O)(OC[C@](CO)(Cc1ccccc1)c1ccccc1)c1ccccc1. The van der Waals surface area contributed by atoms with Crippen molar-refractivity contribution in [2.45, 2.75) is 16.7 Å². The molecule has 0 saturated heterocycles. The van der Waals surface area contributed by atoms with Crippen molar-refractivity contribution in [3.05, 3.63) is 102 Å². The molecule has 5 heteroatoms. The minimum atomic E-state index is -3.91. The first-order chi connectivity index (χ1) is 13.1. The average molecular weight is 382 g/mol. The van der Waals surface area contributed by atoms with E-state index in [9.17, 15) is 13.5 Å². The fourth-order valence-electron chi connectivity index (χ4n) is 3.05. The zero-order chi connectivity index (χ0) is 19.2. The van der Waals surface area contributed by atoms with Gasteiger partial charge in [0.1, 0.15) is 0 Å². The second kappa shape index (κ2) is 8.48. The minimum absolute atomic E-state index is 0.101. The van der Waals surface area contributed by atoms with E-state index >= 15 is 0 Å². The smallest absolute Gasteiger partial charge is 0.297 e. The van der Waals surface area contributed by atoms with Gasteiger partial charge in [0.05, 0.1) is 18.1 Å². The van der Waals surface area contributed by atoms with Crippen LogP contribution in [0.2, 0.25) is 0 Å². The van der Waals surface area contributed by atoms with E-state index in [1.165, 1.54) is 12.1 Å². The van der Waals surface area contributed by atoms with Crippen LogP contribution in [0.3, 0.4) is 0 Å². The van der Waals surface area contributed by atoms with Crippen LogP contribution in [0.15, 0.2) is 95.9 Å². The molecule has 0 unspecified atom stereocenters. The Kier molecular flexibility index (Phi) is 6.06.